The Balaban J connectivity index is 2.05. The van der Waals surface area contributed by atoms with Gasteiger partial charge >= 0.3 is 5.97 Å². The third-order valence-electron chi connectivity index (χ3n) is 2.88. The second-order valence-corrected chi connectivity index (χ2v) is 4.47. The Morgan fingerprint density at radius 3 is 2.10 bits per heavy atom. The van der Waals surface area contributed by atoms with E-state index in [-0.39, 0.29) is 16.9 Å². The van der Waals surface area contributed by atoms with Crippen LogP contribution in [0.4, 0.5) is 4.39 Å². The van der Waals surface area contributed by atoms with Crippen molar-refractivity contribution in [3.8, 4) is 5.75 Å². The molecule has 0 saturated carbocycles. The summed E-state index contributed by atoms with van der Waals surface area (Å²) < 4.78 is 17.9. The third-order valence-corrected chi connectivity index (χ3v) is 2.88. The highest BCUT2D eigenvalue weighted by molar-refractivity contribution is 6.01. The Bertz CT molecular complexity index is 647. The zero-order chi connectivity index (χ0) is 15.4. The number of hydrogen-bond acceptors (Lipinski definition) is 4. The lowest BCUT2D eigenvalue weighted by atomic mass is 10.1. The van der Waals surface area contributed by atoms with Gasteiger partial charge in [0.05, 0.1) is 5.56 Å². The van der Waals surface area contributed by atoms with Crippen molar-refractivity contribution >= 4 is 11.8 Å². The van der Waals surface area contributed by atoms with Crippen LogP contribution in [0.2, 0.25) is 0 Å². The van der Waals surface area contributed by atoms with Crippen molar-refractivity contribution in [3.63, 3.8) is 0 Å². The Morgan fingerprint density at radius 2 is 1.52 bits per heavy atom. The molecule has 4 nitrogen and oxygen atoms in total. The van der Waals surface area contributed by atoms with E-state index in [2.05, 4.69) is 0 Å². The molecule has 21 heavy (non-hydrogen) atoms. The Hall–Kier alpha value is -2.69. The van der Waals surface area contributed by atoms with Gasteiger partial charge in [-0.05, 0) is 55.5 Å². The molecule has 2 rings (SSSR count). The molecule has 1 N–H and O–H groups in total. The lowest BCUT2D eigenvalue weighted by molar-refractivity contribution is 0.0319. The van der Waals surface area contributed by atoms with E-state index in [1.54, 1.807) is 0 Å². The number of rotatable bonds is 4. The number of phenols is 1. The lowest BCUT2D eigenvalue weighted by Crippen LogP contribution is -2.24. The summed E-state index contributed by atoms with van der Waals surface area (Å²) in [6.07, 6.45) is -0.989. The summed E-state index contributed by atoms with van der Waals surface area (Å²) in [6.45, 7) is 1.45. The maximum Gasteiger partial charge on any atom is 0.338 e. The van der Waals surface area contributed by atoms with Gasteiger partial charge in [-0.25, -0.2) is 9.18 Å². The van der Waals surface area contributed by atoms with E-state index in [9.17, 15) is 14.0 Å². The summed E-state index contributed by atoms with van der Waals surface area (Å²) in [7, 11) is 0. The second-order valence-electron chi connectivity index (χ2n) is 4.47. The first-order valence-corrected chi connectivity index (χ1v) is 6.27. The summed E-state index contributed by atoms with van der Waals surface area (Å²) in [4.78, 5) is 23.9. The molecule has 0 radical (unpaired) electrons. The molecule has 0 bridgehead atoms. The van der Waals surface area contributed by atoms with Crippen molar-refractivity contribution in [2.24, 2.45) is 0 Å². The normalized spacial score (nSPS) is 11.7. The number of halogens is 1. The van der Waals surface area contributed by atoms with E-state index in [0.717, 1.165) is 0 Å². The fraction of sp³-hybridized carbons (Fsp3) is 0.125. The average Bonchev–Trinajstić information content (AvgIpc) is 2.47. The van der Waals surface area contributed by atoms with E-state index >= 15 is 0 Å². The number of hydrogen-bond donors (Lipinski definition) is 1. The number of ether oxygens (including phenoxy) is 1. The molecular formula is C16H13FO4. The van der Waals surface area contributed by atoms with Crippen LogP contribution >= 0.6 is 0 Å². The van der Waals surface area contributed by atoms with Gasteiger partial charge in [-0.3, -0.25) is 4.79 Å². The molecule has 0 fully saturated rings. The molecule has 1 atom stereocenters. The molecule has 0 unspecified atom stereocenters. The Morgan fingerprint density at radius 1 is 1.00 bits per heavy atom. The molecule has 0 aliphatic rings. The molecular weight excluding hydrogens is 275 g/mol. The van der Waals surface area contributed by atoms with Gasteiger partial charge in [0, 0.05) is 5.56 Å². The van der Waals surface area contributed by atoms with Crippen molar-refractivity contribution in [2.45, 2.75) is 13.0 Å². The Labute approximate surface area is 120 Å². The number of carbonyl (C=O) groups is 2. The van der Waals surface area contributed by atoms with E-state index in [0.29, 0.717) is 0 Å². The van der Waals surface area contributed by atoms with Crippen LogP contribution in [0.15, 0.2) is 48.5 Å². The monoisotopic (exact) mass is 288 g/mol. The molecule has 0 heterocycles. The highest BCUT2D eigenvalue weighted by Crippen LogP contribution is 2.13. The van der Waals surface area contributed by atoms with E-state index in [1.165, 1.54) is 55.5 Å². The number of benzene rings is 2. The second kappa shape index (κ2) is 6.17. The van der Waals surface area contributed by atoms with Crippen LogP contribution < -0.4 is 0 Å². The van der Waals surface area contributed by atoms with Gasteiger partial charge in [-0.15, -0.1) is 0 Å². The van der Waals surface area contributed by atoms with Gasteiger partial charge in [0.25, 0.3) is 0 Å². The molecule has 0 amide bonds. The minimum atomic E-state index is -0.989. The standard InChI is InChI=1S/C16H13FO4/c1-10(15(19)11-2-6-13(17)7-3-11)21-16(20)12-4-8-14(18)9-5-12/h2-10,18H,1H3/t10-/m0/s1. The number of carbonyl (C=O) groups excluding carboxylic acids is 2. The Kier molecular flexibility index (Phi) is 4.33. The smallest absolute Gasteiger partial charge is 0.338 e. The number of aromatic hydroxyl groups is 1. The zero-order valence-electron chi connectivity index (χ0n) is 11.2. The quantitative estimate of drug-likeness (QED) is 0.694. The van der Waals surface area contributed by atoms with Gasteiger partial charge in [0.15, 0.2) is 6.10 Å². The summed E-state index contributed by atoms with van der Waals surface area (Å²) in [5.41, 5.74) is 0.494. The minimum absolute atomic E-state index is 0.0296. The van der Waals surface area contributed by atoms with Crippen LogP contribution in [0.3, 0.4) is 0 Å². The molecule has 0 aliphatic carbocycles. The van der Waals surface area contributed by atoms with Crippen molar-refractivity contribution in [1.29, 1.82) is 0 Å². The van der Waals surface area contributed by atoms with E-state index in [1.807, 2.05) is 0 Å². The average molecular weight is 288 g/mol. The van der Waals surface area contributed by atoms with Gasteiger partial charge in [-0.2, -0.15) is 0 Å². The molecule has 0 spiro atoms. The van der Waals surface area contributed by atoms with Gasteiger partial charge in [-0.1, -0.05) is 0 Å². The van der Waals surface area contributed by atoms with Crippen molar-refractivity contribution in [3.05, 3.63) is 65.5 Å². The zero-order valence-corrected chi connectivity index (χ0v) is 11.2. The predicted octanol–water partition coefficient (Wildman–Crippen LogP) is 2.96. The van der Waals surface area contributed by atoms with Gasteiger partial charge in [0.2, 0.25) is 5.78 Å². The largest absolute Gasteiger partial charge is 0.508 e. The van der Waals surface area contributed by atoms with Gasteiger partial charge in [0.1, 0.15) is 11.6 Å². The van der Waals surface area contributed by atoms with Crippen molar-refractivity contribution in [2.75, 3.05) is 0 Å². The minimum Gasteiger partial charge on any atom is -0.508 e. The molecule has 2 aromatic carbocycles. The highest BCUT2D eigenvalue weighted by atomic mass is 19.1. The van der Waals surface area contributed by atoms with E-state index in [4.69, 9.17) is 9.84 Å². The molecule has 5 heteroatoms. The predicted molar refractivity (Wildman–Crippen MR) is 73.7 cm³/mol. The lowest BCUT2D eigenvalue weighted by Gasteiger charge is -2.12. The maximum atomic E-state index is 12.8. The first-order valence-electron chi connectivity index (χ1n) is 6.27. The molecule has 108 valence electrons. The highest BCUT2D eigenvalue weighted by Gasteiger charge is 2.20. The molecule has 0 aromatic heterocycles. The number of phenolic OH excluding ortho intramolecular Hbond substituents is 1. The van der Waals surface area contributed by atoms with Crippen LogP contribution in [-0.2, 0) is 4.74 Å². The van der Waals surface area contributed by atoms with Crippen molar-refractivity contribution < 1.29 is 23.8 Å². The number of Topliss-reactive ketones (excluding diaryl/α,β-unsaturated/α-hetero) is 1. The van der Waals surface area contributed by atoms with E-state index < -0.39 is 23.7 Å². The van der Waals surface area contributed by atoms with Crippen LogP contribution in [0, 0.1) is 5.82 Å². The summed E-state index contributed by atoms with van der Waals surface area (Å²) in [6, 6.07) is 10.5. The first kappa shape index (κ1) is 14.7. The SMILES string of the molecule is C[C@H](OC(=O)c1ccc(O)cc1)C(=O)c1ccc(F)cc1. The topological polar surface area (TPSA) is 63.6 Å². The first-order chi connectivity index (χ1) is 9.97. The van der Waals surface area contributed by atoms with Crippen LogP contribution in [0.5, 0.6) is 5.75 Å². The van der Waals surface area contributed by atoms with Gasteiger partial charge < -0.3 is 9.84 Å². The molecule has 0 aliphatic heterocycles. The fourth-order valence-corrected chi connectivity index (χ4v) is 1.73. The summed E-state index contributed by atoms with van der Waals surface area (Å²) in [5.74, 6) is -1.50. The maximum absolute atomic E-state index is 12.8. The van der Waals surface area contributed by atoms with Crippen LogP contribution in [0.25, 0.3) is 0 Å². The fourth-order valence-electron chi connectivity index (χ4n) is 1.73. The number of esters is 1. The van der Waals surface area contributed by atoms with Crippen LogP contribution in [0.1, 0.15) is 27.6 Å². The van der Waals surface area contributed by atoms with Crippen LogP contribution in [-0.4, -0.2) is 23.0 Å². The number of ketones is 1. The molecule has 2 aromatic rings. The summed E-state index contributed by atoms with van der Waals surface area (Å²) in [5, 5.41) is 9.14. The summed E-state index contributed by atoms with van der Waals surface area (Å²) >= 11 is 0. The van der Waals surface area contributed by atoms with Crippen molar-refractivity contribution in [1.82, 2.24) is 0 Å². The third kappa shape index (κ3) is 3.66. The molecule has 0 saturated heterocycles.